The van der Waals surface area contributed by atoms with Crippen molar-refractivity contribution in [2.45, 2.75) is 131 Å². The number of hydrogen-bond donors (Lipinski definition) is 4. The molecule has 5 aliphatic heterocycles. The van der Waals surface area contributed by atoms with Crippen molar-refractivity contribution in [2.75, 3.05) is 32.5 Å². The number of nitrogens with zero attached hydrogens (tertiary/aromatic N) is 1. The fourth-order valence-corrected chi connectivity index (χ4v) is 15.0. The highest BCUT2D eigenvalue weighted by atomic mass is 33.1. The van der Waals surface area contributed by atoms with Crippen molar-refractivity contribution in [3.8, 4) is 0 Å². The van der Waals surface area contributed by atoms with E-state index in [1.807, 2.05) is 28.5 Å². The summed E-state index contributed by atoms with van der Waals surface area (Å²) >= 11 is 0. The average molecular weight is 759 g/mol. The molecule has 52 heavy (non-hydrogen) atoms. The van der Waals surface area contributed by atoms with Gasteiger partial charge in [0.1, 0.15) is 17.3 Å². The number of aliphatic hydroxyl groups is 1. The monoisotopic (exact) mass is 758 g/mol. The Kier molecular flexibility index (Phi) is 10.6. The first-order valence-corrected chi connectivity index (χ1v) is 22.3. The number of amides is 1. The maximum atomic E-state index is 14.4. The molecule has 8 rings (SSSR count). The predicted octanol–water partition coefficient (Wildman–Crippen LogP) is 3.70. The highest BCUT2D eigenvalue weighted by Crippen LogP contribution is 2.62. The zero-order valence-electron chi connectivity index (χ0n) is 30.9. The van der Waals surface area contributed by atoms with Crippen LogP contribution in [-0.4, -0.2) is 107 Å². The summed E-state index contributed by atoms with van der Waals surface area (Å²) in [5.74, 6) is 1.47. The molecule has 14 atom stereocenters. The summed E-state index contributed by atoms with van der Waals surface area (Å²) in [7, 11) is 5.92. The molecule has 1 amide bonds. The summed E-state index contributed by atoms with van der Waals surface area (Å²) < 4.78 is 20.2. The number of nitrogens with two attached hydrogens (primary N) is 1. The molecule has 14 unspecified atom stereocenters. The van der Waals surface area contributed by atoms with Crippen LogP contribution in [0.25, 0.3) is 0 Å². The Morgan fingerprint density at radius 1 is 1.17 bits per heavy atom. The second-order valence-electron chi connectivity index (χ2n) is 17.1. The average Bonchev–Trinajstić information content (AvgIpc) is 3.47. The van der Waals surface area contributed by atoms with Gasteiger partial charge in [-0.3, -0.25) is 9.59 Å². The number of carbonyl (C=O) groups excluding carboxylic acids is 3. The van der Waals surface area contributed by atoms with Gasteiger partial charge in [0, 0.05) is 86.3 Å². The Morgan fingerprint density at radius 2 is 2.02 bits per heavy atom. The minimum Gasteiger partial charge on any atom is -0.462 e. The molecule has 13 heteroatoms. The van der Waals surface area contributed by atoms with Gasteiger partial charge in [-0.05, 0) is 83.1 Å². The van der Waals surface area contributed by atoms with Gasteiger partial charge in [-0.15, -0.1) is 0 Å². The van der Waals surface area contributed by atoms with Gasteiger partial charge < -0.3 is 40.6 Å². The van der Waals surface area contributed by atoms with Crippen molar-refractivity contribution in [1.29, 1.82) is 0 Å². The molecule has 288 valence electrons. The van der Waals surface area contributed by atoms with Gasteiger partial charge in [-0.1, -0.05) is 39.3 Å². The van der Waals surface area contributed by atoms with Crippen LogP contribution in [0.15, 0.2) is 23.3 Å². The maximum Gasteiger partial charge on any atom is 0.334 e. The van der Waals surface area contributed by atoms with E-state index in [0.29, 0.717) is 67.3 Å². The van der Waals surface area contributed by atoms with E-state index < -0.39 is 17.2 Å². The van der Waals surface area contributed by atoms with E-state index in [0.717, 1.165) is 44.4 Å². The summed E-state index contributed by atoms with van der Waals surface area (Å²) in [4.78, 5) is 42.9. The van der Waals surface area contributed by atoms with Crippen molar-refractivity contribution < 1.29 is 33.7 Å². The molecule has 0 bridgehead atoms. The smallest absolute Gasteiger partial charge is 0.334 e. The standard InChI is InChI=1S/C39H58N4O7S2/c1-4-21(10-12-44)37(47)50-38(2)11-9-23-20-51-52-31-7-6-28(41-3)27-19-43(36(27)31)33(45)14-25-18-42-32(40)15-26(25)35(23)39(38)17-24-13-22-5-8-34(46)48-29(22)16-30(24)49-39/h4,9,22,24-32,35-36,41-42,44H,5-8,10-20,40H2,1-3H3. The SMILES string of the molecule is CC=C(CCO)C(=O)OC1(C)CC=C2CSSC3CCC(NC)C4CN(C(=O)CC5CNC(N)CC5C2C12CC1CC5CCC(=O)OC5CC1O2)C34. The lowest BCUT2D eigenvalue weighted by molar-refractivity contribution is -0.229. The van der Waals surface area contributed by atoms with Crippen LogP contribution in [-0.2, 0) is 28.6 Å². The molecule has 0 aromatic carbocycles. The van der Waals surface area contributed by atoms with Crippen molar-refractivity contribution in [3.05, 3.63) is 23.3 Å². The number of carbonyl (C=O) groups is 3. The van der Waals surface area contributed by atoms with Gasteiger partial charge in [-0.2, -0.15) is 0 Å². The number of nitrogens with one attached hydrogen (secondary N) is 2. The molecule has 5 N–H and O–H groups in total. The van der Waals surface area contributed by atoms with Crippen LogP contribution >= 0.6 is 21.6 Å². The number of allylic oxidation sites excluding steroid dienone is 1. The Bertz CT molecular complexity index is 1480. The molecule has 3 aliphatic carbocycles. The van der Waals surface area contributed by atoms with Crippen LogP contribution in [0.4, 0.5) is 0 Å². The van der Waals surface area contributed by atoms with E-state index in [2.05, 4.69) is 35.6 Å². The van der Waals surface area contributed by atoms with Gasteiger partial charge in [0.05, 0.1) is 18.3 Å². The lowest BCUT2D eigenvalue weighted by Crippen LogP contribution is -2.70. The van der Waals surface area contributed by atoms with Crippen LogP contribution in [0.3, 0.4) is 0 Å². The molecule has 11 nitrogen and oxygen atoms in total. The molecule has 0 aromatic rings. The third-order valence-corrected chi connectivity index (χ3v) is 17.4. The summed E-state index contributed by atoms with van der Waals surface area (Å²) in [6.07, 6.45) is 11.2. The van der Waals surface area contributed by atoms with Crippen LogP contribution in [0.2, 0.25) is 0 Å². The number of piperidine rings is 1. The molecule has 8 aliphatic rings. The van der Waals surface area contributed by atoms with E-state index in [1.165, 1.54) is 5.57 Å². The highest BCUT2D eigenvalue weighted by Gasteiger charge is 2.68. The van der Waals surface area contributed by atoms with Crippen LogP contribution in [0.5, 0.6) is 0 Å². The Labute approximate surface area is 316 Å². The Morgan fingerprint density at radius 3 is 2.81 bits per heavy atom. The Hall–Kier alpha value is -1.61. The summed E-state index contributed by atoms with van der Waals surface area (Å²) in [6, 6.07) is 0.712. The van der Waals surface area contributed by atoms with E-state index in [-0.39, 0.29) is 73.0 Å². The Balaban J connectivity index is 1.19. The fraction of sp³-hybridized carbons (Fsp3) is 0.821. The van der Waals surface area contributed by atoms with E-state index >= 15 is 0 Å². The second-order valence-corrected chi connectivity index (χ2v) is 19.7. The summed E-state index contributed by atoms with van der Waals surface area (Å²) in [5.41, 5.74) is 6.64. The van der Waals surface area contributed by atoms with Crippen molar-refractivity contribution >= 4 is 39.4 Å². The molecule has 0 radical (unpaired) electrons. The van der Waals surface area contributed by atoms with Crippen LogP contribution in [0.1, 0.15) is 84.5 Å². The van der Waals surface area contributed by atoms with Gasteiger partial charge in [0.2, 0.25) is 5.91 Å². The number of ether oxygens (including phenoxy) is 3. The first-order valence-electron chi connectivity index (χ1n) is 19.9. The van der Waals surface area contributed by atoms with Gasteiger partial charge in [-0.25, -0.2) is 4.79 Å². The molecule has 7 fully saturated rings. The number of esters is 2. The molecule has 0 aromatic heterocycles. The number of hydrogen-bond acceptors (Lipinski definition) is 12. The molecule has 2 saturated carbocycles. The van der Waals surface area contributed by atoms with E-state index in [9.17, 15) is 19.5 Å². The van der Waals surface area contributed by atoms with Crippen LogP contribution in [0, 0.1) is 35.5 Å². The van der Waals surface area contributed by atoms with Crippen molar-refractivity contribution in [2.24, 2.45) is 41.2 Å². The first kappa shape index (κ1) is 37.3. The molecule has 5 heterocycles. The molecular weight excluding hydrogens is 701 g/mol. The second kappa shape index (κ2) is 14.8. The van der Waals surface area contributed by atoms with Crippen LogP contribution < -0.4 is 16.4 Å². The van der Waals surface area contributed by atoms with Gasteiger partial charge in [0.15, 0.2) is 0 Å². The lowest BCUT2D eigenvalue weighted by Gasteiger charge is -2.59. The lowest BCUT2D eigenvalue weighted by atomic mass is 9.56. The predicted molar refractivity (Wildman–Crippen MR) is 201 cm³/mol. The highest BCUT2D eigenvalue weighted by molar-refractivity contribution is 8.77. The minimum atomic E-state index is -1.01. The number of fused-ring (bicyclic) bond motifs is 6. The minimum absolute atomic E-state index is 0.0259. The zero-order valence-corrected chi connectivity index (χ0v) is 32.6. The summed E-state index contributed by atoms with van der Waals surface area (Å²) in [5, 5.41) is 17.2. The largest absolute Gasteiger partial charge is 0.462 e. The number of aliphatic hydroxyl groups excluding tert-OH is 1. The summed E-state index contributed by atoms with van der Waals surface area (Å²) in [6.45, 7) is 5.18. The zero-order chi connectivity index (χ0) is 36.4. The molecule has 5 saturated heterocycles. The third kappa shape index (κ3) is 6.39. The molecular formula is C39H58N4O7S2. The van der Waals surface area contributed by atoms with Crippen molar-refractivity contribution in [3.63, 3.8) is 0 Å². The quantitative estimate of drug-likeness (QED) is 0.140. The van der Waals surface area contributed by atoms with E-state index in [1.54, 1.807) is 6.08 Å². The normalized spacial score (nSPS) is 46.1. The van der Waals surface area contributed by atoms with Crippen molar-refractivity contribution in [1.82, 2.24) is 15.5 Å². The third-order valence-electron chi connectivity index (χ3n) is 14.5. The topological polar surface area (TPSA) is 152 Å². The fourth-order valence-electron chi connectivity index (χ4n) is 11.8. The maximum absolute atomic E-state index is 14.4. The number of rotatable bonds is 5. The first-order chi connectivity index (χ1) is 25.1. The van der Waals surface area contributed by atoms with Gasteiger partial charge >= 0.3 is 11.9 Å². The van der Waals surface area contributed by atoms with E-state index in [4.69, 9.17) is 19.9 Å². The van der Waals surface area contributed by atoms with Gasteiger partial charge in [0.25, 0.3) is 0 Å². The molecule has 1 spiro atoms.